The second-order valence-electron chi connectivity index (χ2n) is 6.20. The largest absolute Gasteiger partial charge is 0.346 e. The van der Waals surface area contributed by atoms with Gasteiger partial charge in [-0.15, -0.1) is 24.8 Å². The molecule has 1 heterocycles. The Balaban J connectivity index is 0.00000156. The molecule has 1 aromatic carbocycles. The molecule has 25 heavy (non-hydrogen) atoms. The zero-order chi connectivity index (χ0) is 16.1. The van der Waals surface area contributed by atoms with Gasteiger partial charge in [0.05, 0.1) is 12.5 Å². The van der Waals surface area contributed by atoms with Crippen molar-refractivity contribution < 1.29 is 4.79 Å². The van der Waals surface area contributed by atoms with Gasteiger partial charge in [0, 0.05) is 18.3 Å². The number of nitrogens with zero attached hydrogens (tertiary/aromatic N) is 2. The highest BCUT2D eigenvalue weighted by molar-refractivity contribution is 5.93. The molecule has 1 aromatic heterocycles. The van der Waals surface area contributed by atoms with Crippen LogP contribution in [0, 0.1) is 5.92 Å². The van der Waals surface area contributed by atoms with Crippen molar-refractivity contribution in [3.63, 3.8) is 0 Å². The summed E-state index contributed by atoms with van der Waals surface area (Å²) < 4.78 is 1.81. The fourth-order valence-electron chi connectivity index (χ4n) is 3.41. The third kappa shape index (κ3) is 5.21. The Morgan fingerprint density at radius 2 is 1.88 bits per heavy atom. The normalized spacial score (nSPS) is 15.6. The molecule has 1 aliphatic carbocycles. The van der Waals surface area contributed by atoms with Gasteiger partial charge in [0.2, 0.25) is 0 Å². The van der Waals surface area contributed by atoms with E-state index in [1.54, 1.807) is 12.5 Å². The van der Waals surface area contributed by atoms with Crippen LogP contribution in [0.5, 0.6) is 0 Å². The SMILES string of the molecule is Cl.Cl.NCC(NC(=O)c1cncn1-c1ccccc1)C1CCCCC1. The molecule has 1 unspecified atom stereocenters. The number of carbonyl (C=O) groups is 1. The van der Waals surface area contributed by atoms with E-state index in [0.717, 1.165) is 18.5 Å². The third-order valence-corrected chi connectivity index (χ3v) is 4.69. The van der Waals surface area contributed by atoms with Crippen LogP contribution in [0.15, 0.2) is 42.9 Å². The molecule has 1 aliphatic rings. The number of amides is 1. The molecule has 1 fully saturated rings. The van der Waals surface area contributed by atoms with E-state index < -0.39 is 0 Å². The Hall–Kier alpha value is -1.56. The van der Waals surface area contributed by atoms with Crippen molar-refractivity contribution >= 4 is 30.7 Å². The fourth-order valence-corrected chi connectivity index (χ4v) is 3.41. The van der Waals surface area contributed by atoms with Crippen LogP contribution in [0.3, 0.4) is 0 Å². The van der Waals surface area contributed by atoms with E-state index in [9.17, 15) is 4.79 Å². The second-order valence-corrected chi connectivity index (χ2v) is 6.20. The summed E-state index contributed by atoms with van der Waals surface area (Å²) in [4.78, 5) is 16.8. The summed E-state index contributed by atoms with van der Waals surface area (Å²) >= 11 is 0. The molecule has 7 heteroatoms. The minimum absolute atomic E-state index is 0. The lowest BCUT2D eigenvalue weighted by Crippen LogP contribution is -2.46. The van der Waals surface area contributed by atoms with Gasteiger partial charge >= 0.3 is 0 Å². The molecule has 138 valence electrons. The van der Waals surface area contributed by atoms with E-state index in [-0.39, 0.29) is 36.8 Å². The number of halogens is 2. The van der Waals surface area contributed by atoms with E-state index >= 15 is 0 Å². The summed E-state index contributed by atoms with van der Waals surface area (Å²) in [6, 6.07) is 9.80. The second kappa shape index (κ2) is 10.4. The van der Waals surface area contributed by atoms with Gasteiger partial charge in [-0.05, 0) is 30.9 Å². The fraction of sp³-hybridized carbons (Fsp3) is 0.444. The van der Waals surface area contributed by atoms with Crippen molar-refractivity contribution in [2.24, 2.45) is 11.7 Å². The third-order valence-electron chi connectivity index (χ3n) is 4.69. The summed E-state index contributed by atoms with van der Waals surface area (Å²) in [5, 5.41) is 3.12. The Labute approximate surface area is 161 Å². The molecule has 0 saturated heterocycles. The van der Waals surface area contributed by atoms with Gasteiger partial charge in [-0.2, -0.15) is 0 Å². The molecular weight excluding hydrogens is 359 g/mol. The van der Waals surface area contributed by atoms with Crippen molar-refractivity contribution in [3.05, 3.63) is 48.5 Å². The van der Waals surface area contributed by atoms with Crippen molar-refractivity contribution in [1.29, 1.82) is 0 Å². The Morgan fingerprint density at radius 3 is 2.52 bits per heavy atom. The highest BCUT2D eigenvalue weighted by Crippen LogP contribution is 2.26. The molecule has 0 aliphatic heterocycles. The first-order valence-electron chi connectivity index (χ1n) is 8.38. The Kier molecular flexibility index (Phi) is 8.97. The van der Waals surface area contributed by atoms with Crippen molar-refractivity contribution in [2.75, 3.05) is 6.54 Å². The van der Waals surface area contributed by atoms with Crippen LogP contribution in [0.25, 0.3) is 5.69 Å². The molecule has 1 saturated carbocycles. The van der Waals surface area contributed by atoms with E-state index in [1.165, 1.54) is 19.3 Å². The van der Waals surface area contributed by atoms with E-state index in [0.29, 0.717) is 18.2 Å². The predicted octanol–water partition coefficient (Wildman–Crippen LogP) is 3.35. The minimum Gasteiger partial charge on any atom is -0.346 e. The lowest BCUT2D eigenvalue weighted by molar-refractivity contribution is 0.0908. The van der Waals surface area contributed by atoms with Gasteiger partial charge < -0.3 is 11.1 Å². The highest BCUT2D eigenvalue weighted by Gasteiger charge is 2.25. The molecular formula is C18H26Cl2N4O. The van der Waals surface area contributed by atoms with E-state index in [4.69, 9.17) is 5.73 Å². The molecule has 3 N–H and O–H groups in total. The summed E-state index contributed by atoms with van der Waals surface area (Å²) in [7, 11) is 0. The van der Waals surface area contributed by atoms with Gasteiger partial charge in [-0.1, -0.05) is 37.5 Å². The van der Waals surface area contributed by atoms with E-state index in [2.05, 4.69) is 10.3 Å². The monoisotopic (exact) mass is 384 g/mol. The van der Waals surface area contributed by atoms with Crippen LogP contribution in [-0.4, -0.2) is 28.0 Å². The number of hydrogen-bond donors (Lipinski definition) is 2. The van der Waals surface area contributed by atoms with E-state index in [1.807, 2.05) is 34.9 Å². The van der Waals surface area contributed by atoms with Crippen LogP contribution in [0.4, 0.5) is 0 Å². The maximum atomic E-state index is 12.7. The summed E-state index contributed by atoms with van der Waals surface area (Å²) in [5.74, 6) is 0.387. The minimum atomic E-state index is -0.104. The molecule has 3 rings (SSSR count). The first-order chi connectivity index (χ1) is 11.3. The van der Waals surface area contributed by atoms with Gasteiger partial charge in [-0.25, -0.2) is 4.98 Å². The first-order valence-corrected chi connectivity index (χ1v) is 8.38. The molecule has 2 aromatic rings. The standard InChI is InChI=1S/C18H24N4O.2ClH/c19-11-16(14-7-3-1-4-8-14)21-18(23)17-12-20-13-22(17)15-9-5-2-6-10-15;;/h2,5-6,9-10,12-14,16H,1,3-4,7-8,11,19H2,(H,21,23);2*1H. The lowest BCUT2D eigenvalue weighted by atomic mass is 9.84. The smallest absolute Gasteiger partial charge is 0.270 e. The van der Waals surface area contributed by atoms with Crippen molar-refractivity contribution in [3.8, 4) is 5.69 Å². The quantitative estimate of drug-likeness (QED) is 0.829. The predicted molar refractivity (Wildman–Crippen MR) is 105 cm³/mol. The number of benzene rings is 1. The summed E-state index contributed by atoms with van der Waals surface area (Å²) in [6.07, 6.45) is 9.35. The lowest BCUT2D eigenvalue weighted by Gasteiger charge is -2.30. The first kappa shape index (κ1) is 21.5. The number of imidazole rings is 1. The van der Waals surface area contributed by atoms with Crippen LogP contribution >= 0.6 is 24.8 Å². The Bertz CT molecular complexity index is 642. The number of aromatic nitrogens is 2. The maximum absolute atomic E-state index is 12.7. The number of rotatable bonds is 5. The number of hydrogen-bond acceptors (Lipinski definition) is 3. The molecule has 0 bridgehead atoms. The Morgan fingerprint density at radius 1 is 1.20 bits per heavy atom. The maximum Gasteiger partial charge on any atom is 0.270 e. The van der Waals surface area contributed by atoms with Crippen molar-refractivity contribution in [2.45, 2.75) is 38.1 Å². The molecule has 0 radical (unpaired) electrons. The summed E-state index contributed by atoms with van der Waals surface area (Å²) in [6.45, 7) is 0.482. The highest BCUT2D eigenvalue weighted by atomic mass is 35.5. The van der Waals surface area contributed by atoms with Crippen LogP contribution < -0.4 is 11.1 Å². The number of para-hydroxylation sites is 1. The molecule has 0 spiro atoms. The van der Waals surface area contributed by atoms with Crippen molar-refractivity contribution in [1.82, 2.24) is 14.9 Å². The number of carbonyl (C=O) groups excluding carboxylic acids is 1. The average Bonchev–Trinajstić information content (AvgIpc) is 3.11. The van der Waals surface area contributed by atoms with Crippen LogP contribution in [0.1, 0.15) is 42.6 Å². The number of nitrogens with two attached hydrogens (primary N) is 1. The molecule has 1 amide bonds. The van der Waals surface area contributed by atoms with Gasteiger partial charge in [-0.3, -0.25) is 9.36 Å². The molecule has 5 nitrogen and oxygen atoms in total. The average molecular weight is 385 g/mol. The zero-order valence-electron chi connectivity index (χ0n) is 14.1. The summed E-state index contributed by atoms with van der Waals surface area (Å²) in [5.41, 5.74) is 7.39. The molecule has 1 atom stereocenters. The van der Waals surface area contributed by atoms with Crippen LogP contribution in [-0.2, 0) is 0 Å². The van der Waals surface area contributed by atoms with Gasteiger partial charge in [0.1, 0.15) is 5.69 Å². The number of nitrogens with one attached hydrogen (secondary N) is 1. The van der Waals surface area contributed by atoms with Gasteiger partial charge in [0.15, 0.2) is 0 Å². The van der Waals surface area contributed by atoms with Gasteiger partial charge in [0.25, 0.3) is 5.91 Å². The topological polar surface area (TPSA) is 72.9 Å². The zero-order valence-corrected chi connectivity index (χ0v) is 15.8. The van der Waals surface area contributed by atoms with Crippen LogP contribution in [0.2, 0.25) is 0 Å².